The first kappa shape index (κ1) is 20.5. The number of hydrogen-bond acceptors (Lipinski definition) is 5. The summed E-state index contributed by atoms with van der Waals surface area (Å²) in [6.07, 6.45) is 0.201. The third-order valence-corrected chi connectivity index (χ3v) is 3.93. The molecule has 1 amide bonds. The van der Waals surface area contributed by atoms with Crippen LogP contribution in [0.25, 0.3) is 0 Å². The summed E-state index contributed by atoms with van der Waals surface area (Å²) in [4.78, 5) is 11.6. The van der Waals surface area contributed by atoms with E-state index in [-0.39, 0.29) is 36.5 Å². The van der Waals surface area contributed by atoms with Crippen molar-refractivity contribution < 1.29 is 17.9 Å². The number of carbonyl (C=O) groups is 1. The molecule has 0 saturated carbocycles. The van der Waals surface area contributed by atoms with Crippen LogP contribution in [0.5, 0.6) is 5.75 Å². The van der Waals surface area contributed by atoms with Crippen molar-refractivity contribution in [1.29, 1.82) is 0 Å². The molecule has 0 saturated heterocycles. The normalized spacial score (nSPS) is 12.0. The molecule has 0 aromatic heterocycles. The third-order valence-electron chi connectivity index (χ3n) is 2.64. The van der Waals surface area contributed by atoms with Crippen molar-refractivity contribution in [3.63, 3.8) is 0 Å². The Morgan fingerprint density at radius 3 is 2.55 bits per heavy atom. The predicted octanol–water partition coefficient (Wildman–Crippen LogP) is 1.55. The van der Waals surface area contributed by atoms with E-state index < -0.39 is 10.0 Å². The van der Waals surface area contributed by atoms with Gasteiger partial charge >= 0.3 is 0 Å². The molecule has 9 heteroatoms. The molecule has 0 radical (unpaired) electrons. The van der Waals surface area contributed by atoms with Crippen LogP contribution in [0.3, 0.4) is 0 Å². The van der Waals surface area contributed by atoms with Gasteiger partial charge in [0.25, 0.3) is 0 Å². The molecule has 0 aliphatic carbocycles. The molecule has 0 fully saturated rings. The van der Waals surface area contributed by atoms with Crippen LogP contribution in [0.15, 0.2) is 18.2 Å². The number of ether oxygens (including phenoxy) is 1. The van der Waals surface area contributed by atoms with Crippen LogP contribution in [0.2, 0.25) is 0 Å². The highest BCUT2D eigenvalue weighted by atomic mass is 35.5. The van der Waals surface area contributed by atoms with Crippen LogP contribution in [-0.2, 0) is 14.8 Å². The number of nitrogens with one attached hydrogen (secondary N) is 2. The molecule has 1 rings (SSSR count). The Morgan fingerprint density at radius 1 is 1.41 bits per heavy atom. The van der Waals surface area contributed by atoms with Gasteiger partial charge in [0, 0.05) is 24.2 Å². The van der Waals surface area contributed by atoms with E-state index in [9.17, 15) is 13.2 Å². The topological polar surface area (TPSA) is 111 Å². The van der Waals surface area contributed by atoms with Gasteiger partial charge in [-0.1, -0.05) is 0 Å². The summed E-state index contributed by atoms with van der Waals surface area (Å²) >= 11 is 0. The van der Waals surface area contributed by atoms with E-state index in [0.29, 0.717) is 17.1 Å². The van der Waals surface area contributed by atoms with Gasteiger partial charge < -0.3 is 15.8 Å². The summed E-state index contributed by atoms with van der Waals surface area (Å²) < 4.78 is 30.7. The second kappa shape index (κ2) is 8.82. The Morgan fingerprint density at radius 2 is 2.05 bits per heavy atom. The molecule has 0 spiro atoms. The molecule has 4 N–H and O–H groups in total. The van der Waals surface area contributed by atoms with E-state index in [1.165, 1.54) is 20.1 Å². The lowest BCUT2D eigenvalue weighted by Crippen LogP contribution is -2.24. The molecule has 1 aromatic rings. The third kappa shape index (κ3) is 6.50. The van der Waals surface area contributed by atoms with Crippen LogP contribution in [0, 0.1) is 0 Å². The van der Waals surface area contributed by atoms with E-state index in [1.54, 1.807) is 19.1 Å². The second-order valence-electron chi connectivity index (χ2n) is 4.65. The molecule has 22 heavy (non-hydrogen) atoms. The first-order chi connectivity index (χ1) is 9.77. The van der Waals surface area contributed by atoms with Gasteiger partial charge in [-0.15, -0.1) is 12.4 Å². The van der Waals surface area contributed by atoms with Gasteiger partial charge in [-0.3, -0.25) is 9.52 Å². The zero-order valence-electron chi connectivity index (χ0n) is 12.8. The van der Waals surface area contributed by atoms with E-state index >= 15 is 0 Å². The fraction of sp³-hybridized carbons (Fsp3) is 0.462. The quantitative estimate of drug-likeness (QED) is 0.690. The van der Waals surface area contributed by atoms with Crippen molar-refractivity contribution >= 4 is 39.7 Å². The molecule has 0 aliphatic heterocycles. The monoisotopic (exact) mass is 351 g/mol. The van der Waals surface area contributed by atoms with Crippen molar-refractivity contribution in [2.75, 3.05) is 22.9 Å². The van der Waals surface area contributed by atoms with Crippen LogP contribution in [0.4, 0.5) is 11.4 Å². The maximum absolute atomic E-state index is 11.6. The molecular formula is C13H22ClN3O4S. The fourth-order valence-corrected chi connectivity index (χ4v) is 2.25. The molecule has 126 valence electrons. The molecule has 1 unspecified atom stereocenters. The number of halogens is 1. The van der Waals surface area contributed by atoms with Crippen LogP contribution >= 0.6 is 12.4 Å². The van der Waals surface area contributed by atoms with Gasteiger partial charge in [0.05, 0.1) is 18.6 Å². The Kier molecular flexibility index (Phi) is 8.21. The van der Waals surface area contributed by atoms with Gasteiger partial charge in [0.1, 0.15) is 5.75 Å². The summed E-state index contributed by atoms with van der Waals surface area (Å²) in [6.45, 7) is 3.28. The highest BCUT2D eigenvalue weighted by Gasteiger charge is 2.13. The largest absolute Gasteiger partial charge is 0.494 e. The number of nitrogens with two attached hydrogens (primary N) is 1. The van der Waals surface area contributed by atoms with Gasteiger partial charge in [-0.25, -0.2) is 8.42 Å². The van der Waals surface area contributed by atoms with Crippen LogP contribution < -0.4 is 20.5 Å². The van der Waals surface area contributed by atoms with Crippen molar-refractivity contribution in [3.8, 4) is 5.75 Å². The van der Waals surface area contributed by atoms with E-state index in [1.807, 2.05) is 0 Å². The van der Waals surface area contributed by atoms with Gasteiger partial charge in [-0.05, 0) is 26.0 Å². The summed E-state index contributed by atoms with van der Waals surface area (Å²) in [5.41, 5.74) is 6.38. The lowest BCUT2D eigenvalue weighted by Gasteiger charge is -2.13. The highest BCUT2D eigenvalue weighted by molar-refractivity contribution is 7.92. The lowest BCUT2D eigenvalue weighted by atomic mass is 10.2. The molecule has 1 aromatic carbocycles. The minimum Gasteiger partial charge on any atom is -0.494 e. The Labute approximate surface area is 137 Å². The fourth-order valence-electron chi connectivity index (χ4n) is 1.60. The maximum Gasteiger partial charge on any atom is 0.232 e. The molecule has 0 aliphatic rings. The van der Waals surface area contributed by atoms with Gasteiger partial charge in [0.2, 0.25) is 15.9 Å². The zero-order valence-corrected chi connectivity index (χ0v) is 14.4. The average Bonchev–Trinajstić information content (AvgIpc) is 2.39. The first-order valence-electron chi connectivity index (χ1n) is 6.51. The van der Waals surface area contributed by atoms with Crippen LogP contribution in [0.1, 0.15) is 20.3 Å². The number of sulfonamides is 1. The van der Waals surface area contributed by atoms with Gasteiger partial charge in [0.15, 0.2) is 0 Å². The Balaban J connectivity index is 0.00000441. The molecule has 0 heterocycles. The summed E-state index contributed by atoms with van der Waals surface area (Å²) in [7, 11) is -1.97. The summed E-state index contributed by atoms with van der Waals surface area (Å²) in [5, 5.41) is 2.68. The minimum absolute atomic E-state index is 0. The number of hydrogen-bond donors (Lipinski definition) is 3. The predicted molar refractivity (Wildman–Crippen MR) is 90.2 cm³/mol. The van der Waals surface area contributed by atoms with Crippen molar-refractivity contribution in [3.05, 3.63) is 18.2 Å². The van der Waals surface area contributed by atoms with E-state index in [4.69, 9.17) is 10.5 Å². The number of carbonyl (C=O) groups excluding carboxylic acids is 1. The number of methoxy groups -OCH3 is 1. The lowest BCUT2D eigenvalue weighted by molar-refractivity contribution is -0.116. The number of amides is 1. The molecule has 7 nitrogen and oxygen atoms in total. The number of rotatable bonds is 7. The van der Waals surface area contributed by atoms with Crippen molar-refractivity contribution in [1.82, 2.24) is 0 Å². The zero-order chi connectivity index (χ0) is 16.0. The summed E-state index contributed by atoms with van der Waals surface area (Å²) in [6, 6.07) is 4.44. The first-order valence-corrected chi connectivity index (χ1v) is 8.16. The SMILES string of the molecule is CCS(=O)(=O)Nc1ccc(NC(=O)CC(C)N)cc1OC.Cl. The molecule has 0 bridgehead atoms. The van der Waals surface area contributed by atoms with Crippen molar-refractivity contribution in [2.45, 2.75) is 26.3 Å². The molecule has 1 atom stereocenters. The molecular weight excluding hydrogens is 330 g/mol. The average molecular weight is 352 g/mol. The van der Waals surface area contributed by atoms with Crippen LogP contribution in [-0.4, -0.2) is 33.2 Å². The van der Waals surface area contributed by atoms with Crippen molar-refractivity contribution in [2.24, 2.45) is 5.73 Å². The smallest absolute Gasteiger partial charge is 0.232 e. The summed E-state index contributed by atoms with van der Waals surface area (Å²) in [5.74, 6) is 0.0720. The standard InChI is InChI=1S/C13H21N3O4S.ClH/c1-4-21(18,19)16-11-6-5-10(8-12(11)20-3)15-13(17)7-9(2)14;/h5-6,8-9,16H,4,7,14H2,1-3H3,(H,15,17);1H. The maximum atomic E-state index is 11.6. The highest BCUT2D eigenvalue weighted by Crippen LogP contribution is 2.28. The van der Waals surface area contributed by atoms with Gasteiger partial charge in [-0.2, -0.15) is 0 Å². The number of anilines is 2. The van der Waals surface area contributed by atoms with E-state index in [0.717, 1.165) is 0 Å². The van der Waals surface area contributed by atoms with E-state index in [2.05, 4.69) is 10.0 Å². The second-order valence-corrected chi connectivity index (χ2v) is 6.66. The number of benzene rings is 1. The minimum atomic E-state index is -3.39. The Hall–Kier alpha value is -1.51. The Bertz CT molecular complexity index is 605.